The minimum Gasteiger partial charge on any atom is -0.493 e. The first-order valence-electron chi connectivity index (χ1n) is 7.65. The molecule has 0 radical (unpaired) electrons. The summed E-state index contributed by atoms with van der Waals surface area (Å²) < 4.78 is 16.0. The summed E-state index contributed by atoms with van der Waals surface area (Å²) in [6.07, 6.45) is 1.82. The molecule has 0 aliphatic carbocycles. The zero-order valence-electron chi connectivity index (χ0n) is 14.6. The lowest BCUT2D eigenvalue weighted by Gasteiger charge is -2.13. The molecule has 0 aromatic heterocycles. The number of amidine groups is 1. The number of benzene rings is 1. The Morgan fingerprint density at radius 1 is 1.12 bits per heavy atom. The van der Waals surface area contributed by atoms with Crippen LogP contribution >= 0.6 is 11.8 Å². The fraction of sp³-hybridized carbons (Fsp3) is 0.412. The molecule has 7 heteroatoms. The lowest BCUT2D eigenvalue weighted by atomic mass is 10.1. The minimum atomic E-state index is -0.0385. The van der Waals surface area contributed by atoms with Crippen LogP contribution in [-0.2, 0) is 4.79 Å². The molecule has 24 heavy (non-hydrogen) atoms. The number of amides is 1. The highest BCUT2D eigenvalue weighted by Gasteiger charge is 2.31. The van der Waals surface area contributed by atoms with Gasteiger partial charge in [0, 0.05) is 13.1 Å². The molecule has 1 saturated heterocycles. The van der Waals surface area contributed by atoms with Gasteiger partial charge in [0.05, 0.1) is 26.2 Å². The Hall–Kier alpha value is -2.15. The van der Waals surface area contributed by atoms with E-state index in [1.807, 2.05) is 32.1 Å². The Morgan fingerprint density at radius 2 is 1.75 bits per heavy atom. The standard InChI is InChI=1S/C17H22N2O4S/c1-6-18-17-19(7-2)16(20)14(24-17)10-11-8-12(21-3)15(23-5)13(9-11)22-4/h8-10H,6-7H2,1-5H3. The van der Waals surface area contributed by atoms with Crippen molar-refractivity contribution in [1.29, 1.82) is 0 Å². The van der Waals surface area contributed by atoms with Crippen molar-refractivity contribution in [1.82, 2.24) is 4.90 Å². The molecule has 0 saturated carbocycles. The van der Waals surface area contributed by atoms with Crippen LogP contribution in [0, 0.1) is 0 Å². The van der Waals surface area contributed by atoms with Crippen LogP contribution in [0.1, 0.15) is 19.4 Å². The van der Waals surface area contributed by atoms with E-state index in [2.05, 4.69) is 4.99 Å². The van der Waals surface area contributed by atoms with E-state index >= 15 is 0 Å². The lowest BCUT2D eigenvalue weighted by Crippen LogP contribution is -2.28. The van der Waals surface area contributed by atoms with Crippen molar-refractivity contribution in [3.05, 3.63) is 22.6 Å². The second-order valence-electron chi connectivity index (χ2n) is 4.88. The van der Waals surface area contributed by atoms with Gasteiger partial charge in [-0.1, -0.05) is 0 Å². The van der Waals surface area contributed by atoms with E-state index in [9.17, 15) is 4.79 Å². The van der Waals surface area contributed by atoms with Gasteiger partial charge < -0.3 is 14.2 Å². The van der Waals surface area contributed by atoms with Gasteiger partial charge in [-0.15, -0.1) is 0 Å². The van der Waals surface area contributed by atoms with Gasteiger partial charge >= 0.3 is 0 Å². The first kappa shape index (κ1) is 18.2. The van der Waals surface area contributed by atoms with Gasteiger partial charge in [0.2, 0.25) is 5.75 Å². The Bertz CT molecular complexity index is 660. The Morgan fingerprint density at radius 3 is 2.21 bits per heavy atom. The second kappa shape index (κ2) is 8.10. The molecule has 130 valence electrons. The quantitative estimate of drug-likeness (QED) is 0.738. The smallest absolute Gasteiger partial charge is 0.266 e. The number of carbonyl (C=O) groups excluding carboxylic acids is 1. The van der Waals surface area contributed by atoms with Gasteiger partial charge in [-0.2, -0.15) is 0 Å². The first-order valence-corrected chi connectivity index (χ1v) is 8.47. The average Bonchev–Trinajstić information content (AvgIpc) is 2.88. The molecule has 1 amide bonds. The first-order chi connectivity index (χ1) is 11.6. The van der Waals surface area contributed by atoms with Gasteiger partial charge in [0.1, 0.15) is 0 Å². The van der Waals surface area contributed by atoms with Gasteiger partial charge in [-0.25, -0.2) is 0 Å². The zero-order valence-corrected chi connectivity index (χ0v) is 15.4. The van der Waals surface area contributed by atoms with E-state index < -0.39 is 0 Å². The molecule has 2 rings (SSSR count). The van der Waals surface area contributed by atoms with E-state index in [1.165, 1.54) is 11.8 Å². The van der Waals surface area contributed by atoms with Gasteiger partial charge in [-0.3, -0.25) is 14.7 Å². The molecule has 0 unspecified atom stereocenters. The maximum atomic E-state index is 12.5. The molecule has 0 N–H and O–H groups in total. The fourth-order valence-electron chi connectivity index (χ4n) is 2.38. The summed E-state index contributed by atoms with van der Waals surface area (Å²) in [7, 11) is 4.69. The topological polar surface area (TPSA) is 60.4 Å². The van der Waals surface area contributed by atoms with Crippen molar-refractivity contribution < 1.29 is 19.0 Å². The minimum absolute atomic E-state index is 0.0385. The molecule has 0 atom stereocenters. The van der Waals surface area contributed by atoms with Crippen LogP contribution in [0.15, 0.2) is 22.0 Å². The van der Waals surface area contributed by atoms with Crippen molar-refractivity contribution in [2.24, 2.45) is 4.99 Å². The van der Waals surface area contributed by atoms with Crippen LogP contribution in [-0.4, -0.2) is 50.4 Å². The number of aliphatic imine (C=N–C) groups is 1. The molecule has 1 aliphatic heterocycles. The summed E-state index contributed by atoms with van der Waals surface area (Å²) in [6, 6.07) is 3.63. The fourth-order valence-corrected chi connectivity index (χ4v) is 3.48. The van der Waals surface area contributed by atoms with E-state index in [0.29, 0.717) is 35.2 Å². The average molecular weight is 350 g/mol. The van der Waals surface area contributed by atoms with Crippen LogP contribution in [0.5, 0.6) is 17.2 Å². The third-order valence-corrected chi connectivity index (χ3v) is 4.53. The van der Waals surface area contributed by atoms with Crippen molar-refractivity contribution in [2.75, 3.05) is 34.4 Å². The lowest BCUT2D eigenvalue weighted by molar-refractivity contribution is -0.122. The summed E-state index contributed by atoms with van der Waals surface area (Å²) >= 11 is 1.38. The molecule has 1 aromatic carbocycles. The number of carbonyl (C=O) groups is 1. The van der Waals surface area contributed by atoms with Crippen molar-refractivity contribution >= 4 is 28.9 Å². The van der Waals surface area contributed by atoms with Gasteiger partial charge in [0.25, 0.3) is 5.91 Å². The van der Waals surface area contributed by atoms with E-state index in [1.54, 1.807) is 26.2 Å². The third kappa shape index (κ3) is 3.51. The number of thioether (sulfide) groups is 1. The largest absolute Gasteiger partial charge is 0.493 e. The molecule has 1 aliphatic rings. The van der Waals surface area contributed by atoms with Crippen LogP contribution < -0.4 is 14.2 Å². The molecule has 1 fully saturated rings. The summed E-state index contributed by atoms with van der Waals surface area (Å²) in [5.41, 5.74) is 0.800. The highest BCUT2D eigenvalue weighted by atomic mass is 32.2. The molecule has 6 nitrogen and oxygen atoms in total. The number of methoxy groups -OCH3 is 3. The summed E-state index contributed by atoms with van der Waals surface area (Å²) in [5, 5.41) is 0.740. The van der Waals surface area contributed by atoms with Gasteiger partial charge in [0.15, 0.2) is 16.7 Å². The van der Waals surface area contributed by atoms with E-state index in [-0.39, 0.29) is 5.91 Å². The maximum absolute atomic E-state index is 12.5. The van der Waals surface area contributed by atoms with Crippen LogP contribution in [0.4, 0.5) is 0 Å². The third-order valence-electron chi connectivity index (χ3n) is 3.48. The number of nitrogens with zero attached hydrogens (tertiary/aromatic N) is 2. The number of likely N-dealkylation sites (N-methyl/N-ethyl adjacent to an activating group) is 1. The van der Waals surface area contributed by atoms with Crippen LogP contribution in [0.2, 0.25) is 0 Å². The number of ether oxygens (including phenoxy) is 3. The molecule has 1 heterocycles. The zero-order chi connectivity index (χ0) is 17.7. The van der Waals surface area contributed by atoms with Gasteiger partial charge in [-0.05, 0) is 49.4 Å². The SMILES string of the molecule is CCN=C1SC(=Cc2cc(OC)c(OC)c(OC)c2)C(=O)N1CC. The van der Waals surface area contributed by atoms with Crippen LogP contribution in [0.25, 0.3) is 6.08 Å². The summed E-state index contributed by atoms with van der Waals surface area (Å²) in [4.78, 5) is 19.2. The van der Waals surface area contributed by atoms with E-state index in [0.717, 1.165) is 10.7 Å². The summed E-state index contributed by atoms with van der Waals surface area (Å²) in [6.45, 7) is 5.12. The predicted molar refractivity (Wildman–Crippen MR) is 97.0 cm³/mol. The Balaban J connectivity index is 2.44. The monoisotopic (exact) mass is 350 g/mol. The van der Waals surface area contributed by atoms with Crippen LogP contribution in [0.3, 0.4) is 0 Å². The highest BCUT2D eigenvalue weighted by molar-refractivity contribution is 8.18. The summed E-state index contributed by atoms with van der Waals surface area (Å²) in [5.74, 6) is 1.59. The number of rotatable bonds is 6. The number of hydrogen-bond donors (Lipinski definition) is 0. The molecular formula is C17H22N2O4S. The maximum Gasteiger partial charge on any atom is 0.266 e. The Kier molecular flexibility index (Phi) is 6.14. The van der Waals surface area contributed by atoms with E-state index in [4.69, 9.17) is 14.2 Å². The molecule has 0 spiro atoms. The van der Waals surface area contributed by atoms with Crippen molar-refractivity contribution in [3.63, 3.8) is 0 Å². The van der Waals surface area contributed by atoms with Crippen molar-refractivity contribution in [3.8, 4) is 17.2 Å². The second-order valence-corrected chi connectivity index (χ2v) is 5.88. The van der Waals surface area contributed by atoms with Crippen molar-refractivity contribution in [2.45, 2.75) is 13.8 Å². The normalized spacial score (nSPS) is 17.7. The number of hydrogen-bond acceptors (Lipinski definition) is 6. The highest BCUT2D eigenvalue weighted by Crippen LogP contribution is 2.40. The molecule has 1 aromatic rings. The Labute approximate surface area is 146 Å². The predicted octanol–water partition coefficient (Wildman–Crippen LogP) is 3.02. The molecule has 0 bridgehead atoms. The molecular weight excluding hydrogens is 328 g/mol.